The fourth-order valence-electron chi connectivity index (χ4n) is 2.49. The lowest BCUT2D eigenvalue weighted by Gasteiger charge is -2.13. The summed E-state index contributed by atoms with van der Waals surface area (Å²) in [4.78, 5) is 11.3. The third kappa shape index (κ3) is 3.67. The minimum Gasteiger partial charge on any atom is -0.493 e. The zero-order valence-electron chi connectivity index (χ0n) is 13.1. The van der Waals surface area contributed by atoms with E-state index in [0.717, 1.165) is 41.7 Å². The molecule has 0 amide bonds. The maximum atomic E-state index is 11.3. The van der Waals surface area contributed by atoms with Gasteiger partial charge in [-0.05, 0) is 36.1 Å². The van der Waals surface area contributed by atoms with Gasteiger partial charge in [-0.1, -0.05) is 50.6 Å². The molecule has 22 heavy (non-hydrogen) atoms. The molecule has 2 aromatic rings. The van der Waals surface area contributed by atoms with Gasteiger partial charge in [0.15, 0.2) is 0 Å². The van der Waals surface area contributed by atoms with Crippen LogP contribution in [0, 0.1) is 0 Å². The lowest BCUT2D eigenvalue weighted by Crippen LogP contribution is -2.03. The molecule has 0 radical (unpaired) electrons. The van der Waals surface area contributed by atoms with E-state index in [0.29, 0.717) is 12.2 Å². The lowest BCUT2D eigenvalue weighted by atomic mass is 9.96. The van der Waals surface area contributed by atoms with Crippen molar-refractivity contribution in [3.63, 3.8) is 0 Å². The maximum absolute atomic E-state index is 11.3. The molecule has 0 saturated carbocycles. The highest BCUT2D eigenvalue weighted by molar-refractivity contribution is 5.90. The number of hydrogen-bond donors (Lipinski definition) is 1. The smallest absolute Gasteiger partial charge is 0.335 e. The molecule has 3 heteroatoms. The summed E-state index contributed by atoms with van der Waals surface area (Å²) in [7, 11) is 0. The lowest BCUT2D eigenvalue weighted by molar-refractivity contribution is 0.0695. The molecular weight excluding hydrogens is 276 g/mol. The van der Waals surface area contributed by atoms with E-state index in [4.69, 9.17) is 4.74 Å². The van der Waals surface area contributed by atoms with Crippen molar-refractivity contribution in [3.05, 3.63) is 53.6 Å². The molecule has 2 aromatic carbocycles. The summed E-state index contributed by atoms with van der Waals surface area (Å²) in [6, 6.07) is 13.4. The van der Waals surface area contributed by atoms with Crippen molar-refractivity contribution in [3.8, 4) is 16.9 Å². The van der Waals surface area contributed by atoms with Gasteiger partial charge >= 0.3 is 5.97 Å². The molecule has 0 atom stereocenters. The van der Waals surface area contributed by atoms with Crippen LogP contribution in [0.5, 0.6) is 5.75 Å². The normalized spacial score (nSPS) is 10.5. The first-order chi connectivity index (χ1) is 10.7. The molecule has 0 heterocycles. The molecule has 3 nitrogen and oxygen atoms in total. The Morgan fingerprint density at radius 1 is 1.09 bits per heavy atom. The first-order valence-corrected chi connectivity index (χ1v) is 7.75. The zero-order valence-corrected chi connectivity index (χ0v) is 13.1. The molecule has 2 rings (SSSR count). The van der Waals surface area contributed by atoms with Crippen LogP contribution < -0.4 is 4.74 Å². The van der Waals surface area contributed by atoms with E-state index in [1.165, 1.54) is 0 Å². The van der Waals surface area contributed by atoms with Gasteiger partial charge in [-0.2, -0.15) is 0 Å². The fraction of sp³-hybridized carbons (Fsp3) is 0.316. The Hall–Kier alpha value is -2.29. The van der Waals surface area contributed by atoms with Crippen LogP contribution in [-0.4, -0.2) is 17.7 Å². The van der Waals surface area contributed by atoms with Crippen LogP contribution in [0.3, 0.4) is 0 Å². The number of aromatic carboxylic acids is 1. The Labute approximate surface area is 131 Å². The summed E-state index contributed by atoms with van der Waals surface area (Å²) < 4.78 is 5.80. The van der Waals surface area contributed by atoms with Gasteiger partial charge in [0.25, 0.3) is 0 Å². The van der Waals surface area contributed by atoms with Gasteiger partial charge in [0.2, 0.25) is 0 Å². The molecule has 0 spiro atoms. The second-order valence-corrected chi connectivity index (χ2v) is 5.27. The number of para-hydroxylation sites is 1. The highest BCUT2D eigenvalue weighted by atomic mass is 16.5. The third-order valence-electron chi connectivity index (χ3n) is 3.51. The Morgan fingerprint density at radius 3 is 2.55 bits per heavy atom. The number of hydrogen-bond acceptors (Lipinski definition) is 2. The van der Waals surface area contributed by atoms with Gasteiger partial charge in [0.05, 0.1) is 12.2 Å². The van der Waals surface area contributed by atoms with Crippen molar-refractivity contribution in [2.75, 3.05) is 6.61 Å². The summed E-state index contributed by atoms with van der Waals surface area (Å²) in [5.41, 5.74) is 3.26. The van der Waals surface area contributed by atoms with Crippen LogP contribution in [0.25, 0.3) is 11.1 Å². The van der Waals surface area contributed by atoms with Gasteiger partial charge in [0.1, 0.15) is 5.75 Å². The Morgan fingerprint density at radius 2 is 1.86 bits per heavy atom. The van der Waals surface area contributed by atoms with E-state index in [-0.39, 0.29) is 0 Å². The van der Waals surface area contributed by atoms with Crippen LogP contribution in [0.15, 0.2) is 42.5 Å². The molecule has 116 valence electrons. The van der Waals surface area contributed by atoms with Crippen LogP contribution in [0.2, 0.25) is 0 Å². The predicted octanol–water partition coefficient (Wildman–Crippen LogP) is 4.79. The molecule has 0 aliphatic rings. The van der Waals surface area contributed by atoms with Crippen LogP contribution in [-0.2, 0) is 6.42 Å². The van der Waals surface area contributed by atoms with Crippen LogP contribution in [0.4, 0.5) is 0 Å². The van der Waals surface area contributed by atoms with Gasteiger partial charge in [-0.3, -0.25) is 0 Å². The quantitative estimate of drug-likeness (QED) is 0.799. The van der Waals surface area contributed by atoms with E-state index in [1.54, 1.807) is 6.07 Å². The van der Waals surface area contributed by atoms with E-state index in [2.05, 4.69) is 13.8 Å². The van der Waals surface area contributed by atoms with Crippen molar-refractivity contribution < 1.29 is 14.6 Å². The number of carbonyl (C=O) groups is 1. The molecule has 0 fully saturated rings. The Balaban J connectivity index is 2.44. The SMILES string of the molecule is CCCOc1ccccc1-c1ccc(C(=O)O)c(CCC)c1. The van der Waals surface area contributed by atoms with Crippen molar-refractivity contribution in [1.29, 1.82) is 0 Å². The van der Waals surface area contributed by atoms with Gasteiger partial charge in [-0.15, -0.1) is 0 Å². The number of rotatable bonds is 7. The van der Waals surface area contributed by atoms with E-state index in [9.17, 15) is 9.90 Å². The summed E-state index contributed by atoms with van der Waals surface area (Å²) in [6.45, 7) is 4.80. The number of ether oxygens (including phenoxy) is 1. The van der Waals surface area contributed by atoms with Gasteiger partial charge in [-0.25, -0.2) is 4.79 Å². The van der Waals surface area contributed by atoms with Crippen molar-refractivity contribution in [2.45, 2.75) is 33.1 Å². The number of benzene rings is 2. The molecule has 0 unspecified atom stereocenters. The number of aryl methyl sites for hydroxylation is 1. The maximum Gasteiger partial charge on any atom is 0.335 e. The number of carboxylic acids is 1. The summed E-state index contributed by atoms with van der Waals surface area (Å²) in [5, 5.41) is 9.30. The molecule has 0 saturated heterocycles. The second kappa shape index (κ2) is 7.64. The number of carboxylic acid groups (broad SMARTS) is 1. The van der Waals surface area contributed by atoms with Crippen molar-refractivity contribution >= 4 is 5.97 Å². The minimum atomic E-state index is -0.870. The van der Waals surface area contributed by atoms with Crippen molar-refractivity contribution in [1.82, 2.24) is 0 Å². The van der Waals surface area contributed by atoms with Crippen molar-refractivity contribution in [2.24, 2.45) is 0 Å². The second-order valence-electron chi connectivity index (χ2n) is 5.27. The largest absolute Gasteiger partial charge is 0.493 e. The zero-order chi connectivity index (χ0) is 15.9. The first kappa shape index (κ1) is 16.1. The molecule has 1 N–H and O–H groups in total. The monoisotopic (exact) mass is 298 g/mol. The predicted molar refractivity (Wildman–Crippen MR) is 88.6 cm³/mol. The average Bonchev–Trinajstić information content (AvgIpc) is 2.53. The highest BCUT2D eigenvalue weighted by Crippen LogP contribution is 2.31. The molecule has 0 aliphatic heterocycles. The summed E-state index contributed by atoms with van der Waals surface area (Å²) in [6.07, 6.45) is 2.62. The highest BCUT2D eigenvalue weighted by Gasteiger charge is 2.12. The van der Waals surface area contributed by atoms with E-state index < -0.39 is 5.97 Å². The fourth-order valence-corrected chi connectivity index (χ4v) is 2.49. The van der Waals surface area contributed by atoms with E-state index >= 15 is 0 Å². The first-order valence-electron chi connectivity index (χ1n) is 7.75. The van der Waals surface area contributed by atoms with Gasteiger partial charge in [0, 0.05) is 5.56 Å². The molecule has 0 bridgehead atoms. The molecule has 0 aliphatic carbocycles. The topological polar surface area (TPSA) is 46.5 Å². The minimum absolute atomic E-state index is 0.387. The third-order valence-corrected chi connectivity index (χ3v) is 3.51. The van der Waals surface area contributed by atoms with Crippen LogP contribution >= 0.6 is 0 Å². The average molecular weight is 298 g/mol. The Kier molecular flexibility index (Phi) is 5.59. The molecular formula is C19H22O3. The standard InChI is InChI=1S/C19H22O3/c1-3-7-14-13-15(10-11-17(14)19(20)21)16-8-5-6-9-18(16)22-12-4-2/h5-6,8-11,13H,3-4,7,12H2,1-2H3,(H,20,21). The molecule has 0 aromatic heterocycles. The summed E-state index contributed by atoms with van der Waals surface area (Å²) in [5.74, 6) is -0.0274. The van der Waals surface area contributed by atoms with E-state index in [1.807, 2.05) is 36.4 Å². The Bertz CT molecular complexity index is 647. The summed E-state index contributed by atoms with van der Waals surface area (Å²) >= 11 is 0. The van der Waals surface area contributed by atoms with Crippen LogP contribution in [0.1, 0.15) is 42.6 Å². The van der Waals surface area contributed by atoms with Gasteiger partial charge < -0.3 is 9.84 Å².